The number of imide groups is 1. The van der Waals surface area contributed by atoms with Gasteiger partial charge < -0.3 is 5.32 Å². The number of hydrogen-bond donors (Lipinski definition) is 2. The van der Waals surface area contributed by atoms with E-state index in [-0.39, 0.29) is 12.5 Å². The SMILES string of the molecule is CCN(CC(=O)NC(=O)Nc1cccc(C)c1C)Cc1ccccc1. The number of amides is 3. The summed E-state index contributed by atoms with van der Waals surface area (Å²) in [6, 6.07) is 15.1. The maximum absolute atomic E-state index is 12.1. The second-order valence-corrected chi connectivity index (χ2v) is 6.04. The van der Waals surface area contributed by atoms with Crippen LogP contribution in [0.1, 0.15) is 23.6 Å². The molecule has 2 aromatic carbocycles. The maximum Gasteiger partial charge on any atom is 0.325 e. The van der Waals surface area contributed by atoms with Crippen molar-refractivity contribution in [3.05, 3.63) is 65.2 Å². The Balaban J connectivity index is 1.87. The summed E-state index contributed by atoms with van der Waals surface area (Å²) in [4.78, 5) is 26.2. The fraction of sp³-hybridized carbons (Fsp3) is 0.300. The molecule has 0 saturated heterocycles. The van der Waals surface area contributed by atoms with Gasteiger partial charge in [0.2, 0.25) is 5.91 Å². The van der Waals surface area contributed by atoms with Crippen LogP contribution in [0, 0.1) is 13.8 Å². The lowest BCUT2D eigenvalue weighted by atomic mass is 10.1. The van der Waals surface area contributed by atoms with Gasteiger partial charge in [0.1, 0.15) is 0 Å². The molecule has 5 heteroatoms. The molecule has 0 aliphatic heterocycles. The average Bonchev–Trinajstić information content (AvgIpc) is 2.59. The number of anilines is 1. The Kier molecular flexibility index (Phi) is 6.71. The van der Waals surface area contributed by atoms with Gasteiger partial charge in [0.05, 0.1) is 6.54 Å². The number of urea groups is 1. The molecule has 25 heavy (non-hydrogen) atoms. The summed E-state index contributed by atoms with van der Waals surface area (Å²) in [5.41, 5.74) is 3.92. The minimum atomic E-state index is -0.505. The molecule has 0 saturated carbocycles. The van der Waals surface area contributed by atoms with E-state index >= 15 is 0 Å². The molecule has 2 rings (SSSR count). The van der Waals surface area contributed by atoms with Crippen LogP contribution in [0.25, 0.3) is 0 Å². The standard InChI is InChI=1S/C20H25N3O2/c1-4-23(13-17-10-6-5-7-11-17)14-19(24)22-20(25)21-18-12-8-9-15(2)16(18)3/h5-12H,4,13-14H2,1-3H3,(H2,21,22,24,25). The Morgan fingerprint density at radius 2 is 1.72 bits per heavy atom. The third kappa shape index (κ3) is 5.72. The number of rotatable bonds is 6. The number of nitrogens with one attached hydrogen (secondary N) is 2. The number of carbonyl (C=O) groups excluding carboxylic acids is 2. The first-order valence-corrected chi connectivity index (χ1v) is 8.43. The Bertz CT molecular complexity index is 729. The van der Waals surface area contributed by atoms with Crippen LogP contribution in [0.4, 0.5) is 10.5 Å². The van der Waals surface area contributed by atoms with Crippen molar-refractivity contribution in [3.8, 4) is 0 Å². The first-order chi connectivity index (χ1) is 12.0. The molecular formula is C20H25N3O2. The van der Waals surface area contributed by atoms with Gasteiger partial charge in [0.25, 0.3) is 0 Å². The van der Waals surface area contributed by atoms with Crippen molar-refractivity contribution < 1.29 is 9.59 Å². The van der Waals surface area contributed by atoms with Crippen LogP contribution < -0.4 is 10.6 Å². The van der Waals surface area contributed by atoms with Crippen molar-refractivity contribution in [3.63, 3.8) is 0 Å². The van der Waals surface area contributed by atoms with Crippen molar-refractivity contribution in [1.29, 1.82) is 0 Å². The fourth-order valence-corrected chi connectivity index (χ4v) is 2.53. The molecule has 0 unspecified atom stereocenters. The van der Waals surface area contributed by atoms with E-state index in [1.54, 1.807) is 0 Å². The first-order valence-electron chi connectivity index (χ1n) is 8.43. The van der Waals surface area contributed by atoms with E-state index in [4.69, 9.17) is 0 Å². The highest BCUT2D eigenvalue weighted by Crippen LogP contribution is 2.17. The Morgan fingerprint density at radius 1 is 1.00 bits per heavy atom. The molecule has 0 aliphatic rings. The normalized spacial score (nSPS) is 10.6. The molecule has 0 bridgehead atoms. The molecule has 0 radical (unpaired) electrons. The van der Waals surface area contributed by atoms with Crippen LogP contribution >= 0.6 is 0 Å². The number of benzene rings is 2. The largest absolute Gasteiger partial charge is 0.325 e. The van der Waals surface area contributed by atoms with Crippen molar-refractivity contribution in [2.75, 3.05) is 18.4 Å². The molecule has 0 fully saturated rings. The Morgan fingerprint density at radius 3 is 2.40 bits per heavy atom. The summed E-state index contributed by atoms with van der Waals surface area (Å²) in [6.07, 6.45) is 0. The zero-order valence-electron chi connectivity index (χ0n) is 15.0. The van der Waals surface area contributed by atoms with Crippen LogP contribution in [-0.2, 0) is 11.3 Å². The van der Waals surface area contributed by atoms with Crippen LogP contribution in [0.15, 0.2) is 48.5 Å². The minimum Gasteiger partial charge on any atom is -0.307 e. The molecule has 3 amide bonds. The zero-order valence-corrected chi connectivity index (χ0v) is 15.0. The zero-order chi connectivity index (χ0) is 18.2. The van der Waals surface area contributed by atoms with Crippen molar-refractivity contribution in [2.24, 2.45) is 0 Å². The summed E-state index contributed by atoms with van der Waals surface area (Å²) < 4.78 is 0. The van der Waals surface area contributed by atoms with E-state index in [1.807, 2.05) is 74.2 Å². The average molecular weight is 339 g/mol. The number of carbonyl (C=O) groups is 2. The van der Waals surface area contributed by atoms with Gasteiger partial charge >= 0.3 is 6.03 Å². The van der Waals surface area contributed by atoms with E-state index in [0.29, 0.717) is 12.2 Å². The summed E-state index contributed by atoms with van der Waals surface area (Å²) >= 11 is 0. The topological polar surface area (TPSA) is 61.4 Å². The summed E-state index contributed by atoms with van der Waals surface area (Å²) in [5.74, 6) is -0.319. The Labute approximate surface area is 149 Å². The highest BCUT2D eigenvalue weighted by atomic mass is 16.2. The number of aryl methyl sites for hydroxylation is 1. The molecule has 0 aliphatic carbocycles. The predicted molar refractivity (Wildman–Crippen MR) is 100 cm³/mol. The third-order valence-corrected chi connectivity index (χ3v) is 4.17. The van der Waals surface area contributed by atoms with E-state index in [9.17, 15) is 9.59 Å². The molecule has 2 aromatic rings. The third-order valence-electron chi connectivity index (χ3n) is 4.17. The molecular weight excluding hydrogens is 314 g/mol. The van der Waals surface area contributed by atoms with Gasteiger partial charge in [-0.05, 0) is 43.1 Å². The van der Waals surface area contributed by atoms with E-state index in [0.717, 1.165) is 23.2 Å². The van der Waals surface area contributed by atoms with Gasteiger partial charge in [-0.2, -0.15) is 0 Å². The van der Waals surface area contributed by atoms with Gasteiger partial charge in [-0.3, -0.25) is 15.0 Å². The smallest absolute Gasteiger partial charge is 0.307 e. The van der Waals surface area contributed by atoms with Gasteiger partial charge in [-0.25, -0.2) is 4.79 Å². The summed E-state index contributed by atoms with van der Waals surface area (Å²) in [7, 11) is 0. The fourth-order valence-electron chi connectivity index (χ4n) is 2.53. The number of likely N-dealkylation sites (N-methyl/N-ethyl adjacent to an activating group) is 1. The highest BCUT2D eigenvalue weighted by molar-refractivity contribution is 6.02. The van der Waals surface area contributed by atoms with Crippen LogP contribution in [0.2, 0.25) is 0 Å². The van der Waals surface area contributed by atoms with Crippen LogP contribution in [-0.4, -0.2) is 29.9 Å². The highest BCUT2D eigenvalue weighted by Gasteiger charge is 2.13. The van der Waals surface area contributed by atoms with Gasteiger partial charge in [0.15, 0.2) is 0 Å². The van der Waals surface area contributed by atoms with E-state index < -0.39 is 6.03 Å². The molecule has 0 atom stereocenters. The quantitative estimate of drug-likeness (QED) is 0.847. The van der Waals surface area contributed by atoms with Crippen LogP contribution in [0.3, 0.4) is 0 Å². The lowest BCUT2D eigenvalue weighted by Crippen LogP contribution is -2.41. The van der Waals surface area contributed by atoms with E-state index in [1.165, 1.54) is 0 Å². The van der Waals surface area contributed by atoms with Gasteiger partial charge in [-0.15, -0.1) is 0 Å². The molecule has 0 aromatic heterocycles. The molecule has 2 N–H and O–H groups in total. The van der Waals surface area contributed by atoms with Gasteiger partial charge in [0, 0.05) is 12.2 Å². The first kappa shape index (κ1) is 18.7. The lowest BCUT2D eigenvalue weighted by Gasteiger charge is -2.19. The molecule has 0 spiro atoms. The van der Waals surface area contributed by atoms with Crippen molar-refractivity contribution in [1.82, 2.24) is 10.2 Å². The summed E-state index contributed by atoms with van der Waals surface area (Å²) in [6.45, 7) is 7.47. The predicted octanol–water partition coefficient (Wildman–Crippen LogP) is 3.47. The van der Waals surface area contributed by atoms with Crippen molar-refractivity contribution >= 4 is 17.6 Å². The Hall–Kier alpha value is -2.66. The minimum absolute atomic E-state index is 0.172. The van der Waals surface area contributed by atoms with Crippen LogP contribution in [0.5, 0.6) is 0 Å². The number of hydrogen-bond acceptors (Lipinski definition) is 3. The lowest BCUT2D eigenvalue weighted by molar-refractivity contribution is -0.121. The van der Waals surface area contributed by atoms with Crippen molar-refractivity contribution in [2.45, 2.75) is 27.3 Å². The molecule has 5 nitrogen and oxygen atoms in total. The summed E-state index contributed by atoms with van der Waals surface area (Å²) in [5, 5.41) is 5.13. The second kappa shape index (κ2) is 8.99. The number of nitrogens with zero attached hydrogens (tertiary/aromatic N) is 1. The maximum atomic E-state index is 12.1. The van der Waals surface area contributed by atoms with Gasteiger partial charge in [-0.1, -0.05) is 49.4 Å². The monoisotopic (exact) mass is 339 g/mol. The molecule has 132 valence electrons. The van der Waals surface area contributed by atoms with E-state index in [2.05, 4.69) is 10.6 Å². The second-order valence-electron chi connectivity index (χ2n) is 6.04. The molecule has 0 heterocycles.